The summed E-state index contributed by atoms with van der Waals surface area (Å²) in [5.74, 6) is -0.176. The van der Waals surface area contributed by atoms with Crippen LogP contribution in [0.2, 0.25) is 5.02 Å². The van der Waals surface area contributed by atoms with Crippen LogP contribution in [0, 0.1) is 5.82 Å². The maximum Gasteiger partial charge on any atom is 0.128 e. The van der Waals surface area contributed by atoms with E-state index in [1.807, 2.05) is 37.4 Å². The lowest BCUT2D eigenvalue weighted by molar-refractivity contribution is 0.287. The van der Waals surface area contributed by atoms with Crippen molar-refractivity contribution in [2.24, 2.45) is 0 Å². The lowest BCUT2D eigenvalue weighted by Gasteiger charge is -2.27. The summed E-state index contributed by atoms with van der Waals surface area (Å²) >= 11 is 6.19. The van der Waals surface area contributed by atoms with Crippen molar-refractivity contribution in [1.82, 2.24) is 4.90 Å². The smallest absolute Gasteiger partial charge is 0.128 e. The molecule has 1 unspecified atom stereocenters. The SMILES string of the molecule is CN1CCN(C)C(c2ccccc2F)c2cc(Cl)ccc21. The van der Waals surface area contributed by atoms with E-state index >= 15 is 0 Å². The van der Waals surface area contributed by atoms with Crippen LogP contribution in [-0.4, -0.2) is 32.1 Å². The molecule has 1 atom stereocenters. The second kappa shape index (κ2) is 5.66. The average Bonchev–Trinajstić information content (AvgIpc) is 2.58. The van der Waals surface area contributed by atoms with Crippen LogP contribution >= 0.6 is 11.6 Å². The first-order valence-electron chi connectivity index (χ1n) is 7.03. The van der Waals surface area contributed by atoms with Gasteiger partial charge in [-0.25, -0.2) is 4.39 Å². The van der Waals surface area contributed by atoms with Crippen molar-refractivity contribution in [3.8, 4) is 0 Å². The highest BCUT2D eigenvalue weighted by molar-refractivity contribution is 6.30. The molecule has 0 saturated heterocycles. The number of hydrogen-bond acceptors (Lipinski definition) is 2. The number of anilines is 1. The Morgan fingerprint density at radius 1 is 1.05 bits per heavy atom. The van der Waals surface area contributed by atoms with Crippen LogP contribution in [0.1, 0.15) is 17.2 Å². The van der Waals surface area contributed by atoms with Gasteiger partial charge in [0.25, 0.3) is 0 Å². The second-order valence-corrected chi connectivity index (χ2v) is 5.97. The molecule has 4 heteroatoms. The molecule has 1 aliphatic rings. The van der Waals surface area contributed by atoms with Crippen LogP contribution in [0.4, 0.5) is 10.1 Å². The van der Waals surface area contributed by atoms with Gasteiger partial charge in [-0.1, -0.05) is 29.8 Å². The zero-order valence-corrected chi connectivity index (χ0v) is 12.9. The molecule has 0 spiro atoms. The van der Waals surface area contributed by atoms with E-state index in [0.29, 0.717) is 10.6 Å². The first-order chi connectivity index (χ1) is 10.1. The summed E-state index contributed by atoms with van der Waals surface area (Å²) < 4.78 is 14.3. The molecule has 0 amide bonds. The van der Waals surface area contributed by atoms with Gasteiger partial charge in [0.15, 0.2) is 0 Å². The van der Waals surface area contributed by atoms with Crippen LogP contribution in [0.5, 0.6) is 0 Å². The van der Waals surface area contributed by atoms with Crippen LogP contribution in [0.25, 0.3) is 0 Å². The Kier molecular flexibility index (Phi) is 3.87. The minimum absolute atomic E-state index is 0.121. The highest BCUT2D eigenvalue weighted by Gasteiger charge is 2.28. The summed E-state index contributed by atoms with van der Waals surface area (Å²) in [6, 6.07) is 12.7. The average molecular weight is 305 g/mol. The van der Waals surface area contributed by atoms with Gasteiger partial charge in [0.1, 0.15) is 5.82 Å². The Bertz CT molecular complexity index is 659. The number of hydrogen-bond donors (Lipinski definition) is 0. The Labute approximate surface area is 129 Å². The summed E-state index contributed by atoms with van der Waals surface area (Å²) in [6.45, 7) is 1.76. The third-order valence-electron chi connectivity index (χ3n) is 4.12. The molecule has 1 heterocycles. The van der Waals surface area contributed by atoms with Gasteiger partial charge in [0.2, 0.25) is 0 Å². The van der Waals surface area contributed by atoms with Gasteiger partial charge in [-0.3, -0.25) is 4.90 Å². The second-order valence-electron chi connectivity index (χ2n) is 5.53. The molecule has 3 rings (SSSR count). The topological polar surface area (TPSA) is 6.48 Å². The molecule has 0 aliphatic carbocycles. The Morgan fingerprint density at radius 2 is 1.81 bits per heavy atom. The van der Waals surface area contributed by atoms with Crippen LogP contribution in [-0.2, 0) is 0 Å². The van der Waals surface area contributed by atoms with Gasteiger partial charge in [0.05, 0.1) is 6.04 Å². The van der Waals surface area contributed by atoms with Crippen molar-refractivity contribution in [3.63, 3.8) is 0 Å². The Morgan fingerprint density at radius 3 is 2.57 bits per heavy atom. The molecular weight excluding hydrogens is 287 g/mol. The Hall–Kier alpha value is -1.58. The molecule has 0 radical (unpaired) electrons. The summed E-state index contributed by atoms with van der Waals surface area (Å²) in [7, 11) is 4.09. The Balaban J connectivity index is 2.21. The molecule has 0 bridgehead atoms. The normalized spacial score (nSPS) is 19.2. The summed E-state index contributed by atoms with van der Waals surface area (Å²) in [6.07, 6.45) is 0. The highest BCUT2D eigenvalue weighted by atomic mass is 35.5. The molecule has 1 aliphatic heterocycles. The largest absolute Gasteiger partial charge is 0.373 e. The van der Waals surface area contributed by atoms with E-state index in [-0.39, 0.29) is 11.9 Å². The first-order valence-corrected chi connectivity index (χ1v) is 7.41. The van der Waals surface area contributed by atoms with Gasteiger partial charge in [-0.15, -0.1) is 0 Å². The van der Waals surface area contributed by atoms with Crippen molar-refractivity contribution < 1.29 is 4.39 Å². The lowest BCUT2D eigenvalue weighted by Crippen LogP contribution is -2.29. The standard InChI is InChI=1S/C17H18ClFN2/c1-20-9-10-21(2)17(13-5-3-4-6-15(13)19)14-11-12(18)7-8-16(14)20/h3-8,11,17H,9-10H2,1-2H3. The van der Waals surface area contributed by atoms with E-state index in [4.69, 9.17) is 11.6 Å². The molecule has 110 valence electrons. The van der Waals surface area contributed by atoms with Crippen LogP contribution in [0.3, 0.4) is 0 Å². The predicted octanol–water partition coefficient (Wildman–Crippen LogP) is 3.95. The fourth-order valence-electron chi connectivity index (χ4n) is 2.99. The van der Waals surface area contributed by atoms with E-state index in [1.165, 1.54) is 6.07 Å². The third-order valence-corrected chi connectivity index (χ3v) is 4.36. The number of halogens is 2. The molecule has 0 fully saturated rings. The highest BCUT2D eigenvalue weighted by Crippen LogP contribution is 2.38. The van der Waals surface area contributed by atoms with Gasteiger partial charge in [-0.2, -0.15) is 0 Å². The van der Waals surface area contributed by atoms with E-state index in [0.717, 1.165) is 24.3 Å². The van der Waals surface area contributed by atoms with Crippen molar-refractivity contribution in [1.29, 1.82) is 0 Å². The quantitative estimate of drug-likeness (QED) is 0.787. The van der Waals surface area contributed by atoms with E-state index in [1.54, 1.807) is 6.07 Å². The third kappa shape index (κ3) is 2.63. The zero-order valence-electron chi connectivity index (χ0n) is 12.2. The fourth-order valence-corrected chi connectivity index (χ4v) is 3.17. The molecule has 21 heavy (non-hydrogen) atoms. The van der Waals surface area contributed by atoms with Gasteiger partial charge in [0, 0.05) is 36.4 Å². The van der Waals surface area contributed by atoms with Gasteiger partial charge < -0.3 is 4.90 Å². The van der Waals surface area contributed by atoms with E-state index in [2.05, 4.69) is 16.8 Å². The van der Waals surface area contributed by atoms with Gasteiger partial charge >= 0.3 is 0 Å². The molecule has 0 aromatic heterocycles. The van der Waals surface area contributed by atoms with Crippen molar-refractivity contribution in [3.05, 3.63) is 64.4 Å². The summed E-state index contributed by atoms with van der Waals surface area (Å²) in [4.78, 5) is 4.38. The molecular formula is C17H18ClFN2. The number of rotatable bonds is 1. The molecule has 2 nitrogen and oxygen atoms in total. The van der Waals surface area contributed by atoms with Crippen LogP contribution < -0.4 is 4.90 Å². The lowest BCUT2D eigenvalue weighted by atomic mass is 9.95. The van der Waals surface area contributed by atoms with Crippen LogP contribution in [0.15, 0.2) is 42.5 Å². The van der Waals surface area contributed by atoms with Crippen molar-refractivity contribution in [2.45, 2.75) is 6.04 Å². The summed E-state index contributed by atoms with van der Waals surface area (Å²) in [5, 5.41) is 0.679. The monoisotopic (exact) mass is 304 g/mol. The van der Waals surface area contributed by atoms with Crippen molar-refractivity contribution in [2.75, 3.05) is 32.1 Å². The number of nitrogens with zero attached hydrogens (tertiary/aromatic N) is 2. The van der Waals surface area contributed by atoms with E-state index < -0.39 is 0 Å². The molecule has 2 aromatic rings. The minimum Gasteiger partial charge on any atom is -0.373 e. The van der Waals surface area contributed by atoms with Gasteiger partial charge in [-0.05, 0) is 36.9 Å². The minimum atomic E-state index is -0.176. The molecule has 0 N–H and O–H groups in total. The fraction of sp³-hybridized carbons (Fsp3) is 0.294. The molecule has 0 saturated carbocycles. The number of fused-ring (bicyclic) bond motifs is 1. The van der Waals surface area contributed by atoms with Crippen molar-refractivity contribution >= 4 is 17.3 Å². The number of benzene rings is 2. The zero-order chi connectivity index (χ0) is 15.0. The maximum absolute atomic E-state index is 14.3. The summed E-state index contributed by atoms with van der Waals surface area (Å²) in [5.41, 5.74) is 2.85. The predicted molar refractivity (Wildman–Crippen MR) is 85.6 cm³/mol. The van der Waals surface area contributed by atoms with E-state index in [9.17, 15) is 4.39 Å². The number of likely N-dealkylation sites (N-methyl/N-ethyl adjacent to an activating group) is 2. The molecule has 2 aromatic carbocycles. The maximum atomic E-state index is 14.3. The first kappa shape index (κ1) is 14.4.